The molecule has 2 aliphatic heterocycles. The molecule has 0 fully saturated rings. The van der Waals surface area contributed by atoms with Crippen LogP contribution < -0.4 is 24.7 Å². The van der Waals surface area contributed by atoms with Crippen LogP contribution in [0.25, 0.3) is 11.1 Å². The van der Waals surface area contributed by atoms with Gasteiger partial charge in [-0.25, -0.2) is 23.8 Å². The van der Waals surface area contributed by atoms with Crippen molar-refractivity contribution in [2.24, 2.45) is 9.50 Å². The lowest BCUT2D eigenvalue weighted by molar-refractivity contribution is 0.248. The number of aromatic nitrogens is 3. The standard InChI is InChI=1S/C21H22N6O5S/c1-12-11-27-20(32-12)17(10-24-27)33(22,29)26-21(28)25-19-14(3-4-16-15(19)6-8-31-16)13-5-7-23-18(9-13)30-2/h3-5,7,9-10,12H,6,8,11H2,1-2H3,(H3,22,25,26,28,29)/t12-,33?/m0/s1. The first-order chi connectivity index (χ1) is 15.9. The van der Waals surface area contributed by atoms with Crippen LogP contribution in [0, 0.1) is 0 Å². The Bertz CT molecular complexity index is 1380. The van der Waals surface area contributed by atoms with E-state index in [0.717, 1.165) is 16.7 Å². The second kappa shape index (κ2) is 8.05. The number of benzene rings is 1. The molecule has 2 amide bonds. The van der Waals surface area contributed by atoms with Crippen LogP contribution >= 0.6 is 0 Å². The molecule has 0 saturated heterocycles. The van der Waals surface area contributed by atoms with Crippen LogP contribution in [0.15, 0.2) is 45.9 Å². The van der Waals surface area contributed by atoms with Crippen molar-refractivity contribution in [1.29, 1.82) is 0 Å². The smallest absolute Gasteiger partial charge is 0.354 e. The van der Waals surface area contributed by atoms with Gasteiger partial charge >= 0.3 is 6.03 Å². The van der Waals surface area contributed by atoms with Crippen LogP contribution in [-0.2, 0) is 22.9 Å². The number of hydrogen-bond donors (Lipinski definition) is 2. The van der Waals surface area contributed by atoms with Gasteiger partial charge in [-0.05, 0) is 30.7 Å². The molecule has 0 radical (unpaired) electrons. The topological polar surface area (TPSA) is 143 Å². The number of nitrogens with zero attached hydrogens (tertiary/aromatic N) is 4. The fourth-order valence-corrected chi connectivity index (χ4v) is 4.92. The minimum Gasteiger partial charge on any atom is -0.493 e. The molecule has 1 unspecified atom stereocenters. The summed E-state index contributed by atoms with van der Waals surface area (Å²) in [7, 11) is -2.07. The van der Waals surface area contributed by atoms with E-state index in [1.807, 2.05) is 19.1 Å². The number of urea groups is 1. The lowest BCUT2D eigenvalue weighted by atomic mass is 9.99. The predicted molar refractivity (Wildman–Crippen MR) is 120 cm³/mol. The zero-order valence-electron chi connectivity index (χ0n) is 18.0. The molecule has 4 heterocycles. The molecule has 5 rings (SSSR count). The minimum atomic E-state index is -3.59. The van der Waals surface area contributed by atoms with E-state index in [1.165, 1.54) is 13.3 Å². The molecule has 0 spiro atoms. The van der Waals surface area contributed by atoms with Crippen molar-refractivity contribution in [3.63, 3.8) is 0 Å². The largest absolute Gasteiger partial charge is 0.493 e. The highest BCUT2D eigenvalue weighted by molar-refractivity contribution is 7.91. The lowest BCUT2D eigenvalue weighted by Gasteiger charge is -2.14. The Kier molecular flexibility index (Phi) is 5.17. The Balaban J connectivity index is 1.52. The van der Waals surface area contributed by atoms with Crippen molar-refractivity contribution in [1.82, 2.24) is 14.8 Å². The van der Waals surface area contributed by atoms with Crippen LogP contribution in [-0.4, -0.2) is 44.8 Å². The summed E-state index contributed by atoms with van der Waals surface area (Å²) in [5, 5.41) is 12.9. The number of nitrogens with two attached hydrogens (primary N) is 1. The number of anilines is 1. The van der Waals surface area contributed by atoms with Gasteiger partial charge in [-0.2, -0.15) is 5.10 Å². The maximum absolute atomic E-state index is 13.2. The van der Waals surface area contributed by atoms with Gasteiger partial charge in [-0.1, -0.05) is 0 Å². The summed E-state index contributed by atoms with van der Waals surface area (Å²) in [6.45, 7) is 2.85. The summed E-state index contributed by atoms with van der Waals surface area (Å²) < 4.78 is 35.0. The van der Waals surface area contributed by atoms with Gasteiger partial charge in [0.2, 0.25) is 11.8 Å². The normalized spacial score (nSPS) is 17.8. The van der Waals surface area contributed by atoms with Crippen LogP contribution in [0.4, 0.5) is 10.5 Å². The van der Waals surface area contributed by atoms with Crippen molar-refractivity contribution < 1.29 is 23.2 Å². The lowest BCUT2D eigenvalue weighted by Crippen LogP contribution is -2.19. The molecule has 12 heteroatoms. The fraction of sp³-hybridized carbons (Fsp3) is 0.286. The molecule has 11 nitrogen and oxygen atoms in total. The highest BCUT2D eigenvalue weighted by atomic mass is 32.2. The monoisotopic (exact) mass is 470 g/mol. The third-order valence-corrected chi connectivity index (χ3v) is 6.75. The van der Waals surface area contributed by atoms with E-state index in [4.69, 9.17) is 19.3 Å². The van der Waals surface area contributed by atoms with E-state index in [9.17, 15) is 9.00 Å². The molecule has 2 aliphatic rings. The number of rotatable bonds is 4. The first-order valence-corrected chi connectivity index (χ1v) is 11.8. The van der Waals surface area contributed by atoms with Gasteiger partial charge in [0.15, 0.2) is 9.92 Å². The van der Waals surface area contributed by atoms with Gasteiger partial charge in [0.25, 0.3) is 0 Å². The number of carbonyl (C=O) groups is 1. The Labute approximate surface area is 190 Å². The van der Waals surface area contributed by atoms with Crippen LogP contribution in [0.5, 0.6) is 17.5 Å². The average molecular weight is 471 g/mol. The van der Waals surface area contributed by atoms with E-state index in [1.54, 1.807) is 23.0 Å². The van der Waals surface area contributed by atoms with E-state index in [0.29, 0.717) is 36.9 Å². The summed E-state index contributed by atoms with van der Waals surface area (Å²) in [4.78, 5) is 17.1. The zero-order valence-corrected chi connectivity index (χ0v) is 18.8. The molecule has 0 bridgehead atoms. The third kappa shape index (κ3) is 3.87. The average Bonchev–Trinajstić information content (AvgIpc) is 3.49. The molecule has 172 valence electrons. The fourth-order valence-electron chi connectivity index (χ4n) is 3.93. The number of methoxy groups -OCH3 is 1. The van der Waals surface area contributed by atoms with E-state index in [2.05, 4.69) is 19.8 Å². The maximum Gasteiger partial charge on any atom is 0.354 e. The Morgan fingerprint density at radius 3 is 3.06 bits per heavy atom. The number of pyridine rings is 1. The predicted octanol–water partition coefficient (Wildman–Crippen LogP) is 2.60. The maximum atomic E-state index is 13.2. The first-order valence-electron chi connectivity index (χ1n) is 10.2. The number of hydrogen-bond acceptors (Lipinski definition) is 7. The minimum absolute atomic E-state index is 0.0858. The van der Waals surface area contributed by atoms with E-state index in [-0.39, 0.29) is 16.9 Å². The second-order valence-electron chi connectivity index (χ2n) is 7.66. The van der Waals surface area contributed by atoms with Gasteiger partial charge in [-0.3, -0.25) is 0 Å². The van der Waals surface area contributed by atoms with Gasteiger partial charge in [0.05, 0.1) is 32.1 Å². The number of fused-ring (bicyclic) bond motifs is 2. The second-order valence-corrected chi connectivity index (χ2v) is 9.42. The van der Waals surface area contributed by atoms with Crippen LogP contribution in [0.1, 0.15) is 12.5 Å². The molecule has 0 aliphatic carbocycles. The molecule has 33 heavy (non-hydrogen) atoms. The summed E-state index contributed by atoms with van der Waals surface area (Å²) >= 11 is 0. The van der Waals surface area contributed by atoms with Crippen LogP contribution in [0.2, 0.25) is 0 Å². The van der Waals surface area contributed by atoms with Crippen molar-refractivity contribution in [2.45, 2.75) is 30.9 Å². The SMILES string of the molecule is COc1cc(-c2ccc3c(c2NC(=O)N=S(N)(=O)c2cnn4c2O[C@@H](C)C4)CCO3)ccn1. The highest BCUT2D eigenvalue weighted by Gasteiger charge is 2.29. The van der Waals surface area contributed by atoms with Gasteiger partial charge in [0, 0.05) is 29.8 Å². The van der Waals surface area contributed by atoms with Crippen molar-refractivity contribution in [2.75, 3.05) is 19.0 Å². The molecule has 0 saturated carbocycles. The Hall–Kier alpha value is -3.64. The highest BCUT2D eigenvalue weighted by Crippen LogP contribution is 2.40. The first kappa shape index (κ1) is 21.2. The molecule has 1 aromatic carbocycles. The van der Waals surface area contributed by atoms with Crippen molar-refractivity contribution >= 4 is 21.6 Å². The Morgan fingerprint density at radius 2 is 2.24 bits per heavy atom. The quantitative estimate of drug-likeness (QED) is 0.596. The van der Waals surface area contributed by atoms with Gasteiger partial charge in [-0.15, -0.1) is 4.36 Å². The summed E-state index contributed by atoms with van der Waals surface area (Å²) in [5.41, 5.74) is 2.82. The molecule has 3 aromatic rings. The molecular weight excluding hydrogens is 448 g/mol. The molecule has 2 aromatic heterocycles. The van der Waals surface area contributed by atoms with Crippen LogP contribution in [0.3, 0.4) is 0 Å². The Morgan fingerprint density at radius 1 is 1.39 bits per heavy atom. The van der Waals surface area contributed by atoms with Gasteiger partial charge < -0.3 is 19.5 Å². The number of carbonyl (C=O) groups excluding carboxylic acids is 1. The molecule has 3 N–H and O–H groups in total. The number of amides is 2. The van der Waals surface area contributed by atoms with E-state index < -0.39 is 15.9 Å². The van der Waals surface area contributed by atoms with E-state index >= 15 is 0 Å². The molecule has 2 atom stereocenters. The van der Waals surface area contributed by atoms with Crippen molar-refractivity contribution in [3.05, 3.63) is 42.2 Å². The number of ether oxygens (including phenoxy) is 3. The van der Waals surface area contributed by atoms with Gasteiger partial charge in [0.1, 0.15) is 16.7 Å². The third-order valence-electron chi connectivity index (χ3n) is 5.40. The molecular formula is C21H22N6O5S. The summed E-state index contributed by atoms with van der Waals surface area (Å²) in [6, 6.07) is 6.38. The van der Waals surface area contributed by atoms with Crippen molar-refractivity contribution in [3.8, 4) is 28.6 Å². The summed E-state index contributed by atoms with van der Waals surface area (Å²) in [6.07, 6.45) is 3.40. The number of nitrogens with one attached hydrogen (secondary N) is 1. The summed E-state index contributed by atoms with van der Waals surface area (Å²) in [5.74, 6) is 1.37. The zero-order chi connectivity index (χ0) is 23.2.